The minimum absolute atomic E-state index is 0.0218. The average molecular weight is 673 g/mol. The standard InChI is InChI=1S/C20H18O6.C17H19ClN2S/c1-3-15-17(25-9-23-15)5-11(1)19-13-7-22-20(14(13)8-21-19)12-2-4-16-18(6-12)26-10-24-16;1-19(2)10-5-11-20-14-6-3-4-7-16(14)21-17-9-8-13(18)12-15(17)20/h1-6,13-14,19-20H,7-10H2;3-4,6-9,12H,5,10-11H2,1-2H3. The Hall–Kier alpha value is -3.60. The molecular weight excluding hydrogens is 636 g/mol. The molecule has 0 spiro atoms. The molecule has 4 unspecified atom stereocenters. The third-order valence-electron chi connectivity index (χ3n) is 9.29. The number of nitrogens with zero attached hydrogens (tertiary/aromatic N) is 2. The van der Waals surface area contributed by atoms with Gasteiger partial charge in [0.1, 0.15) is 0 Å². The molecular formula is C37H37ClN2O6S. The molecule has 0 bridgehead atoms. The Morgan fingerprint density at radius 3 is 1.94 bits per heavy atom. The molecule has 4 aromatic rings. The van der Waals surface area contributed by atoms with E-state index in [-0.39, 0.29) is 25.8 Å². The van der Waals surface area contributed by atoms with Crippen molar-refractivity contribution >= 4 is 34.7 Å². The zero-order chi connectivity index (χ0) is 31.9. The van der Waals surface area contributed by atoms with Crippen molar-refractivity contribution in [3.63, 3.8) is 0 Å². The number of hydrogen-bond acceptors (Lipinski definition) is 9. The van der Waals surface area contributed by atoms with E-state index in [0.717, 1.165) is 58.7 Å². The van der Waals surface area contributed by atoms with Gasteiger partial charge in [-0.3, -0.25) is 0 Å². The predicted molar refractivity (Wildman–Crippen MR) is 182 cm³/mol. The highest BCUT2D eigenvalue weighted by Gasteiger charge is 2.48. The molecule has 8 nitrogen and oxygen atoms in total. The monoisotopic (exact) mass is 672 g/mol. The largest absolute Gasteiger partial charge is 0.454 e. The molecule has 0 radical (unpaired) electrons. The van der Waals surface area contributed by atoms with Crippen molar-refractivity contribution in [1.82, 2.24) is 4.90 Å². The van der Waals surface area contributed by atoms with Crippen LogP contribution in [0.1, 0.15) is 29.8 Å². The van der Waals surface area contributed by atoms with Gasteiger partial charge in [0.15, 0.2) is 23.0 Å². The van der Waals surface area contributed by atoms with Gasteiger partial charge in [-0.05, 0) is 92.8 Å². The van der Waals surface area contributed by atoms with Crippen LogP contribution < -0.4 is 23.8 Å². The van der Waals surface area contributed by atoms with Gasteiger partial charge in [0.05, 0.1) is 36.8 Å². The molecule has 0 aliphatic carbocycles. The number of fused-ring (bicyclic) bond motifs is 5. The van der Waals surface area contributed by atoms with Crippen LogP contribution in [0, 0.1) is 11.8 Å². The van der Waals surface area contributed by atoms with Crippen LogP contribution in [0.3, 0.4) is 0 Å². The summed E-state index contributed by atoms with van der Waals surface area (Å²) in [7, 11) is 4.23. The van der Waals surface area contributed by atoms with Crippen LogP contribution in [0.4, 0.5) is 11.4 Å². The van der Waals surface area contributed by atoms with Crippen LogP contribution in [-0.2, 0) is 9.47 Å². The maximum atomic E-state index is 6.21. The van der Waals surface area contributed by atoms with Crippen molar-refractivity contribution < 1.29 is 28.4 Å². The Morgan fingerprint density at radius 1 is 0.702 bits per heavy atom. The van der Waals surface area contributed by atoms with Crippen LogP contribution in [-0.4, -0.2) is 58.9 Å². The first kappa shape index (κ1) is 30.7. The van der Waals surface area contributed by atoms with Gasteiger partial charge in [0.25, 0.3) is 0 Å². The maximum Gasteiger partial charge on any atom is 0.231 e. The molecule has 2 fully saturated rings. The minimum atomic E-state index is 0.0218. The molecule has 4 atom stereocenters. The van der Waals surface area contributed by atoms with Gasteiger partial charge < -0.3 is 38.2 Å². The number of ether oxygens (including phenoxy) is 6. The normalized spacial score (nSPS) is 22.9. The number of rotatable bonds is 6. The van der Waals surface area contributed by atoms with Crippen LogP contribution in [0.15, 0.2) is 88.7 Å². The molecule has 2 saturated heterocycles. The van der Waals surface area contributed by atoms with Gasteiger partial charge in [0, 0.05) is 33.2 Å². The summed E-state index contributed by atoms with van der Waals surface area (Å²) in [5.74, 6) is 3.83. The zero-order valence-electron chi connectivity index (χ0n) is 26.4. The summed E-state index contributed by atoms with van der Waals surface area (Å²) in [6.45, 7) is 4.02. The molecule has 0 N–H and O–H groups in total. The van der Waals surface area contributed by atoms with Crippen molar-refractivity contribution in [1.29, 1.82) is 0 Å². The van der Waals surface area contributed by atoms with Crippen LogP contribution in [0.2, 0.25) is 5.02 Å². The fraction of sp³-hybridized carbons (Fsp3) is 0.351. The molecule has 0 saturated carbocycles. The van der Waals surface area contributed by atoms with E-state index >= 15 is 0 Å². The van der Waals surface area contributed by atoms with E-state index in [1.807, 2.05) is 42.1 Å². The highest BCUT2D eigenvalue weighted by atomic mass is 35.5. The van der Waals surface area contributed by atoms with E-state index in [1.54, 1.807) is 0 Å². The zero-order valence-corrected chi connectivity index (χ0v) is 28.0. The van der Waals surface area contributed by atoms with E-state index in [4.69, 9.17) is 40.0 Å². The highest BCUT2D eigenvalue weighted by molar-refractivity contribution is 7.99. The number of benzene rings is 4. The molecule has 5 aliphatic heterocycles. The van der Waals surface area contributed by atoms with Crippen molar-refractivity contribution in [3.8, 4) is 23.0 Å². The second-order valence-electron chi connectivity index (χ2n) is 12.6. The molecule has 0 aromatic heterocycles. The van der Waals surface area contributed by atoms with Crippen molar-refractivity contribution in [2.45, 2.75) is 28.4 Å². The smallest absolute Gasteiger partial charge is 0.231 e. The molecule has 10 heteroatoms. The third-order valence-corrected chi connectivity index (χ3v) is 10.7. The summed E-state index contributed by atoms with van der Waals surface area (Å²) in [6, 6.07) is 26.9. The summed E-state index contributed by atoms with van der Waals surface area (Å²) in [5, 5.41) is 0.798. The molecule has 47 heavy (non-hydrogen) atoms. The Balaban J connectivity index is 0.000000142. The molecule has 9 rings (SSSR count). The van der Waals surface area contributed by atoms with Crippen molar-refractivity contribution in [2.75, 3.05) is 58.9 Å². The second-order valence-corrected chi connectivity index (χ2v) is 14.1. The Kier molecular flexibility index (Phi) is 8.58. The summed E-state index contributed by atoms with van der Waals surface area (Å²) in [6.07, 6.45) is 1.17. The molecule has 5 heterocycles. The SMILES string of the molecule is CN(C)CCCN1c2ccccc2Sc2ccc(Cl)cc21.c1cc2c(cc1C1OCC3C(c4ccc5c(c4)OCO5)OCC13)OCO2. The third kappa shape index (κ3) is 6.11. The van der Waals surface area contributed by atoms with E-state index in [9.17, 15) is 0 Å². The van der Waals surface area contributed by atoms with E-state index in [1.165, 1.54) is 21.2 Å². The number of anilines is 2. The highest BCUT2D eigenvalue weighted by Crippen LogP contribution is 2.52. The van der Waals surface area contributed by atoms with Gasteiger partial charge in [-0.2, -0.15) is 0 Å². The van der Waals surface area contributed by atoms with Crippen LogP contribution in [0.25, 0.3) is 0 Å². The lowest BCUT2D eigenvalue weighted by molar-refractivity contribution is 0.0192. The lowest BCUT2D eigenvalue weighted by Crippen LogP contribution is -2.25. The van der Waals surface area contributed by atoms with Crippen molar-refractivity contribution in [3.05, 3.63) is 95.0 Å². The molecule has 0 amide bonds. The van der Waals surface area contributed by atoms with Gasteiger partial charge in [-0.25, -0.2) is 0 Å². The first-order valence-corrected chi connectivity index (χ1v) is 17.2. The molecule has 5 aliphatic rings. The first-order chi connectivity index (χ1) is 23.0. The molecule has 4 aromatic carbocycles. The van der Waals surface area contributed by atoms with Gasteiger partial charge >= 0.3 is 0 Å². The van der Waals surface area contributed by atoms with Gasteiger partial charge in [-0.1, -0.05) is 47.6 Å². The lowest BCUT2D eigenvalue weighted by atomic mass is 9.85. The van der Waals surface area contributed by atoms with Crippen LogP contribution in [0.5, 0.6) is 23.0 Å². The van der Waals surface area contributed by atoms with E-state index < -0.39 is 0 Å². The fourth-order valence-corrected chi connectivity index (χ4v) is 8.25. The Bertz CT molecular complexity index is 1700. The second kappa shape index (κ2) is 13.1. The first-order valence-electron chi connectivity index (χ1n) is 16.0. The Morgan fingerprint density at radius 2 is 1.30 bits per heavy atom. The van der Waals surface area contributed by atoms with E-state index in [0.29, 0.717) is 25.0 Å². The Labute approximate surface area is 284 Å². The van der Waals surface area contributed by atoms with Crippen molar-refractivity contribution in [2.24, 2.45) is 11.8 Å². The summed E-state index contributed by atoms with van der Waals surface area (Å²) < 4.78 is 34.2. The maximum absolute atomic E-state index is 6.21. The topological polar surface area (TPSA) is 61.9 Å². The van der Waals surface area contributed by atoms with Crippen LogP contribution >= 0.6 is 23.4 Å². The predicted octanol–water partition coefficient (Wildman–Crippen LogP) is 8.11. The fourth-order valence-electron chi connectivity index (χ4n) is 7.00. The van der Waals surface area contributed by atoms with E-state index in [2.05, 4.69) is 72.4 Å². The minimum Gasteiger partial charge on any atom is -0.454 e. The summed E-state index contributed by atoms with van der Waals surface area (Å²) in [4.78, 5) is 7.22. The quantitative estimate of drug-likeness (QED) is 0.202. The average Bonchev–Trinajstić information content (AvgIpc) is 3.89. The summed E-state index contributed by atoms with van der Waals surface area (Å²) in [5.41, 5.74) is 4.76. The molecule has 244 valence electrons. The number of hydrogen-bond donors (Lipinski definition) is 0. The van der Waals surface area contributed by atoms with Gasteiger partial charge in [0.2, 0.25) is 13.6 Å². The van der Waals surface area contributed by atoms with Gasteiger partial charge in [-0.15, -0.1) is 0 Å². The lowest BCUT2D eigenvalue weighted by Gasteiger charge is -2.33. The number of para-hydroxylation sites is 1. The summed E-state index contributed by atoms with van der Waals surface area (Å²) >= 11 is 8.03. The number of halogens is 1.